The lowest BCUT2D eigenvalue weighted by atomic mass is 10.0. The summed E-state index contributed by atoms with van der Waals surface area (Å²) in [5.74, 6) is 5.34. The Morgan fingerprint density at radius 1 is 0.293 bits per heavy atom. The molecule has 2 N–H and O–H groups in total. The molecular weight excluding hydrogens is 1140 g/mol. The molecule has 0 rings (SSSR count). The van der Waals surface area contributed by atoms with Crippen LogP contribution in [0.25, 0.3) is 0 Å². The molecule has 0 radical (unpaired) electrons. The van der Waals surface area contributed by atoms with Crippen LogP contribution in [-0.4, -0.2) is 124 Å². The normalized spacial score (nSPS) is 12.7. The van der Waals surface area contributed by atoms with Crippen LogP contribution in [0.4, 0.5) is 0 Å². The maximum Gasteiger partial charge on any atom is 0.500 e. The van der Waals surface area contributed by atoms with Crippen LogP contribution in [0.2, 0.25) is 12.1 Å². The van der Waals surface area contributed by atoms with E-state index in [4.69, 9.17) is 26.6 Å². The molecule has 82 heavy (non-hydrogen) atoms. The molecule has 492 valence electrons. The average molecular weight is 1270 g/mol. The summed E-state index contributed by atoms with van der Waals surface area (Å²) < 4.78 is 35.6. The predicted octanol–water partition coefficient (Wildman–Crippen LogP) is 21.6. The Morgan fingerprint density at radius 3 is 0.732 bits per heavy atom. The van der Waals surface area contributed by atoms with E-state index in [1.165, 1.54) is 217 Å². The molecular formula is C66H136O10S4Si2. The van der Waals surface area contributed by atoms with Gasteiger partial charge in [0.25, 0.3) is 0 Å². The van der Waals surface area contributed by atoms with Gasteiger partial charge in [-0.25, -0.2) is 0 Å². The van der Waals surface area contributed by atoms with E-state index in [2.05, 4.69) is 13.8 Å². The lowest BCUT2D eigenvalue weighted by Crippen LogP contribution is -2.46. The molecule has 2 atom stereocenters. The van der Waals surface area contributed by atoms with E-state index in [0.29, 0.717) is 39.6 Å². The molecule has 0 amide bonds. The van der Waals surface area contributed by atoms with E-state index >= 15 is 0 Å². The molecule has 0 aliphatic carbocycles. The highest BCUT2D eigenvalue weighted by Gasteiger charge is 2.40. The Hall–Kier alpha value is 0.534. The average Bonchev–Trinajstić information content (AvgIpc) is 3.46. The minimum Gasteiger partial charge on any atom is -0.480 e. The van der Waals surface area contributed by atoms with Gasteiger partial charge in [0, 0.05) is 51.7 Å². The van der Waals surface area contributed by atoms with E-state index in [1.54, 1.807) is 23.5 Å². The van der Waals surface area contributed by atoms with E-state index in [0.717, 1.165) is 86.5 Å². The van der Waals surface area contributed by atoms with Gasteiger partial charge in [-0.2, -0.15) is 23.5 Å². The maximum absolute atomic E-state index is 11.7. The number of unbranched alkanes of at least 4 members (excludes halogenated alkanes) is 32. The van der Waals surface area contributed by atoms with Crippen molar-refractivity contribution < 1.29 is 46.4 Å². The molecule has 0 aromatic heterocycles. The molecule has 0 aliphatic heterocycles. The van der Waals surface area contributed by atoms with Crippen molar-refractivity contribution in [1.29, 1.82) is 0 Å². The number of hydrogen-bond acceptors (Lipinski definition) is 12. The van der Waals surface area contributed by atoms with Crippen molar-refractivity contribution in [3.05, 3.63) is 0 Å². The molecule has 0 aliphatic rings. The van der Waals surface area contributed by atoms with Gasteiger partial charge in [0.2, 0.25) is 0 Å². The topological polar surface area (TPSA) is 130 Å². The molecule has 0 saturated heterocycles. The predicted molar refractivity (Wildman–Crippen MR) is 369 cm³/mol. The van der Waals surface area contributed by atoms with E-state index in [1.807, 2.05) is 65.1 Å². The quantitative estimate of drug-likeness (QED) is 0.0442. The van der Waals surface area contributed by atoms with Gasteiger partial charge in [-0.05, 0) is 127 Å². The molecule has 0 aromatic rings. The second kappa shape index (κ2) is 67.5. The van der Waals surface area contributed by atoms with Crippen LogP contribution in [0.15, 0.2) is 0 Å². The third kappa shape index (κ3) is 57.0. The van der Waals surface area contributed by atoms with Crippen molar-refractivity contribution in [1.82, 2.24) is 0 Å². The molecule has 0 bridgehead atoms. The fourth-order valence-corrected chi connectivity index (χ4v) is 20.3. The van der Waals surface area contributed by atoms with Crippen LogP contribution in [0, 0.1) is 0 Å². The second-order valence-corrected chi connectivity index (χ2v) is 32.9. The lowest BCUT2D eigenvalue weighted by Gasteiger charge is -2.28. The Bertz CT molecular complexity index is 1170. The Labute approximate surface area is 528 Å². The highest BCUT2D eigenvalue weighted by Crippen LogP contribution is 2.26. The molecule has 0 fully saturated rings. The van der Waals surface area contributed by atoms with Crippen LogP contribution in [-0.2, 0) is 36.1 Å². The fourth-order valence-electron chi connectivity index (χ4n) is 10.4. The summed E-state index contributed by atoms with van der Waals surface area (Å²) in [6, 6.07) is 1.80. The summed E-state index contributed by atoms with van der Waals surface area (Å²) >= 11 is 7.37. The van der Waals surface area contributed by atoms with Gasteiger partial charge in [0.1, 0.15) is 10.5 Å². The third-order valence-electron chi connectivity index (χ3n) is 14.9. The first kappa shape index (κ1) is 84.6. The van der Waals surface area contributed by atoms with Crippen LogP contribution in [0.5, 0.6) is 0 Å². The fraction of sp³-hybridized carbons (Fsp3) is 0.970. The monoisotopic (exact) mass is 1270 g/mol. The first-order valence-electron chi connectivity index (χ1n) is 34.8. The second-order valence-electron chi connectivity index (χ2n) is 22.4. The van der Waals surface area contributed by atoms with Gasteiger partial charge >= 0.3 is 29.5 Å². The van der Waals surface area contributed by atoms with Gasteiger partial charge in [-0.15, -0.1) is 23.5 Å². The van der Waals surface area contributed by atoms with Crippen LogP contribution >= 0.6 is 47.0 Å². The highest BCUT2D eigenvalue weighted by atomic mass is 32.2. The first-order chi connectivity index (χ1) is 40.1. The summed E-state index contributed by atoms with van der Waals surface area (Å²) in [6.07, 6.45) is 50.9. The van der Waals surface area contributed by atoms with E-state index in [-0.39, 0.29) is 10.5 Å². The first-order valence-corrected chi connectivity index (χ1v) is 43.0. The van der Waals surface area contributed by atoms with Gasteiger partial charge in [-0.1, -0.05) is 219 Å². The smallest absolute Gasteiger partial charge is 0.480 e. The summed E-state index contributed by atoms with van der Waals surface area (Å²) in [4.78, 5) is 23.4. The van der Waals surface area contributed by atoms with E-state index < -0.39 is 29.5 Å². The number of carbonyl (C=O) groups is 2. The van der Waals surface area contributed by atoms with Gasteiger partial charge in [0.15, 0.2) is 0 Å². The molecule has 0 saturated carbocycles. The van der Waals surface area contributed by atoms with Crippen molar-refractivity contribution in [3.63, 3.8) is 0 Å². The number of carboxylic acid groups (broad SMARTS) is 2. The SMILES string of the molecule is CCCCCCCCCCCCCCCCC(SCCCCCCSCCC[Si](OCC)(OCC)OCC)C(=O)O.CCCCCCCCCCCCCCCCC(SCCCCCCSCCC[Si](OCC)(OCC)OCC)C(=O)O. The zero-order chi connectivity index (χ0) is 60.6. The lowest BCUT2D eigenvalue weighted by molar-refractivity contribution is -0.137. The highest BCUT2D eigenvalue weighted by molar-refractivity contribution is 8.00. The summed E-state index contributed by atoms with van der Waals surface area (Å²) in [6.45, 7) is 20.5. The van der Waals surface area contributed by atoms with Gasteiger partial charge in [0.05, 0.1) is 0 Å². The van der Waals surface area contributed by atoms with Crippen LogP contribution in [0.1, 0.15) is 312 Å². The molecule has 16 heteroatoms. The number of aliphatic carboxylic acids is 2. The summed E-state index contributed by atoms with van der Waals surface area (Å²) in [5, 5.41) is 18.8. The minimum atomic E-state index is -2.49. The molecule has 10 nitrogen and oxygen atoms in total. The van der Waals surface area contributed by atoms with E-state index in [9.17, 15) is 19.8 Å². The third-order valence-corrected chi connectivity index (χ3v) is 26.3. The Morgan fingerprint density at radius 2 is 0.500 bits per heavy atom. The molecule has 0 aromatic carbocycles. The number of carboxylic acids is 2. The standard InChI is InChI=1S/2C33H68O5S2Si/c2*1-5-9-10-11-12-13-14-15-16-17-18-19-20-23-27-32(33(34)35)40-30-25-22-21-24-28-39-29-26-31-41(36-6-2,37-7-3)38-8-4/h2*32H,5-31H2,1-4H3,(H,34,35). The molecule has 0 heterocycles. The van der Waals surface area contributed by atoms with Crippen LogP contribution in [0.3, 0.4) is 0 Å². The molecule has 2 unspecified atom stereocenters. The number of thioether (sulfide) groups is 4. The number of rotatable bonds is 68. The van der Waals surface area contributed by atoms with Gasteiger partial charge in [-0.3, -0.25) is 9.59 Å². The minimum absolute atomic E-state index is 0.219. The zero-order valence-electron chi connectivity index (χ0n) is 55.1. The Kier molecular flexibility index (Phi) is 69.6. The maximum atomic E-state index is 11.7. The van der Waals surface area contributed by atoms with Crippen molar-refractivity contribution in [2.45, 2.75) is 335 Å². The van der Waals surface area contributed by atoms with Crippen molar-refractivity contribution >= 4 is 76.6 Å². The zero-order valence-corrected chi connectivity index (χ0v) is 60.4. The summed E-state index contributed by atoms with van der Waals surface area (Å²) in [7, 11) is -4.97. The van der Waals surface area contributed by atoms with Crippen molar-refractivity contribution in [3.8, 4) is 0 Å². The molecule has 0 spiro atoms. The van der Waals surface area contributed by atoms with Crippen molar-refractivity contribution in [2.75, 3.05) is 74.2 Å². The Balaban J connectivity index is 0. The number of hydrogen-bond donors (Lipinski definition) is 2. The largest absolute Gasteiger partial charge is 0.500 e. The van der Waals surface area contributed by atoms with Gasteiger partial charge < -0.3 is 36.8 Å². The van der Waals surface area contributed by atoms with Crippen LogP contribution < -0.4 is 0 Å². The summed E-state index contributed by atoms with van der Waals surface area (Å²) in [5.41, 5.74) is 0. The van der Waals surface area contributed by atoms with Crippen molar-refractivity contribution in [2.24, 2.45) is 0 Å².